The van der Waals surface area contributed by atoms with E-state index >= 15 is 0 Å². The fraction of sp³-hybridized carbons (Fsp3) is 0.579. The maximum absolute atomic E-state index is 12.6. The third-order valence-electron chi connectivity index (χ3n) is 5.30. The highest BCUT2D eigenvalue weighted by Crippen LogP contribution is 2.34. The van der Waals surface area contributed by atoms with Crippen molar-refractivity contribution in [3.05, 3.63) is 29.8 Å². The van der Waals surface area contributed by atoms with Crippen molar-refractivity contribution in [2.24, 2.45) is 5.92 Å². The second-order valence-corrected chi connectivity index (χ2v) is 9.18. The summed E-state index contributed by atoms with van der Waals surface area (Å²) in [6.45, 7) is 5.43. The summed E-state index contributed by atoms with van der Waals surface area (Å²) >= 11 is 0. The lowest BCUT2D eigenvalue weighted by Crippen LogP contribution is -2.55. The normalized spacial score (nSPS) is 24.2. The van der Waals surface area contributed by atoms with Gasteiger partial charge in [0.2, 0.25) is 10.0 Å². The van der Waals surface area contributed by atoms with E-state index in [1.807, 2.05) is 6.92 Å². The number of carboxylic acids is 1. The van der Waals surface area contributed by atoms with Crippen molar-refractivity contribution >= 4 is 21.9 Å². The molecule has 0 saturated heterocycles. The van der Waals surface area contributed by atoms with Gasteiger partial charge in [0.1, 0.15) is 0 Å². The fourth-order valence-corrected chi connectivity index (χ4v) is 4.74. The molecule has 1 saturated carbocycles. The number of rotatable bonds is 7. The molecule has 1 aromatic rings. The molecule has 1 fully saturated rings. The summed E-state index contributed by atoms with van der Waals surface area (Å²) in [6.07, 6.45) is 3.49. The molecule has 27 heavy (non-hydrogen) atoms. The fourth-order valence-electron chi connectivity index (χ4n) is 3.41. The maximum atomic E-state index is 12.6. The molecule has 0 aliphatic heterocycles. The van der Waals surface area contributed by atoms with Gasteiger partial charge in [0.15, 0.2) is 0 Å². The van der Waals surface area contributed by atoms with Crippen LogP contribution < -0.4 is 10.0 Å². The Morgan fingerprint density at radius 3 is 2.44 bits per heavy atom. The van der Waals surface area contributed by atoms with E-state index in [4.69, 9.17) is 0 Å². The summed E-state index contributed by atoms with van der Waals surface area (Å²) in [5.74, 6) is -1.94. The highest BCUT2D eigenvalue weighted by atomic mass is 32.2. The Morgan fingerprint density at radius 1 is 1.26 bits per heavy atom. The summed E-state index contributed by atoms with van der Waals surface area (Å²) in [6, 6.07) is 5.48. The van der Waals surface area contributed by atoms with Gasteiger partial charge in [-0.2, -0.15) is 0 Å². The zero-order valence-electron chi connectivity index (χ0n) is 16.0. The van der Waals surface area contributed by atoms with Gasteiger partial charge in [0, 0.05) is 11.6 Å². The molecule has 1 amide bonds. The van der Waals surface area contributed by atoms with E-state index in [1.165, 1.54) is 24.3 Å². The van der Waals surface area contributed by atoms with E-state index in [0.29, 0.717) is 24.8 Å². The third kappa shape index (κ3) is 5.07. The number of carbonyl (C=O) groups excluding carboxylic acids is 1. The molecule has 3 N–H and O–H groups in total. The van der Waals surface area contributed by atoms with Gasteiger partial charge in [0.05, 0.1) is 16.4 Å². The number of carbonyl (C=O) groups is 2. The monoisotopic (exact) mass is 396 g/mol. The minimum absolute atomic E-state index is 0.0895. The largest absolute Gasteiger partial charge is 0.481 e. The first kappa shape index (κ1) is 21.4. The molecule has 7 nitrogen and oxygen atoms in total. The molecule has 0 heterocycles. The molecule has 1 aliphatic carbocycles. The summed E-state index contributed by atoms with van der Waals surface area (Å²) in [5, 5.41) is 12.3. The van der Waals surface area contributed by atoms with E-state index < -0.39 is 33.4 Å². The summed E-state index contributed by atoms with van der Waals surface area (Å²) in [4.78, 5) is 24.2. The van der Waals surface area contributed by atoms with Gasteiger partial charge >= 0.3 is 5.97 Å². The second-order valence-electron chi connectivity index (χ2n) is 7.46. The van der Waals surface area contributed by atoms with Crippen molar-refractivity contribution in [3.8, 4) is 0 Å². The summed E-state index contributed by atoms with van der Waals surface area (Å²) < 4.78 is 27.2. The molecule has 8 heteroatoms. The first-order valence-electron chi connectivity index (χ1n) is 9.27. The van der Waals surface area contributed by atoms with Crippen LogP contribution in [0.25, 0.3) is 0 Å². The number of sulfonamides is 1. The van der Waals surface area contributed by atoms with E-state index in [2.05, 4.69) is 10.0 Å². The molecule has 2 rings (SSSR count). The minimum Gasteiger partial charge on any atom is -0.481 e. The number of nitrogens with one attached hydrogen (secondary N) is 2. The van der Waals surface area contributed by atoms with Crippen molar-refractivity contribution in [1.82, 2.24) is 10.0 Å². The SMILES string of the molecule is CCC(C)NS(=O)(=O)c1ccc(C(=O)NC2(C)CCCCC2C(=O)O)cc1. The van der Waals surface area contributed by atoms with E-state index in [0.717, 1.165) is 12.8 Å². The third-order valence-corrected chi connectivity index (χ3v) is 6.91. The van der Waals surface area contributed by atoms with Gasteiger partial charge in [-0.25, -0.2) is 13.1 Å². The van der Waals surface area contributed by atoms with Crippen LogP contribution in [0.2, 0.25) is 0 Å². The zero-order valence-corrected chi connectivity index (χ0v) is 16.8. The van der Waals surface area contributed by atoms with Gasteiger partial charge in [-0.1, -0.05) is 19.8 Å². The molecule has 0 spiro atoms. The highest BCUT2D eigenvalue weighted by molar-refractivity contribution is 7.89. The Bertz CT molecular complexity index is 791. The van der Waals surface area contributed by atoms with Crippen LogP contribution in [0.4, 0.5) is 0 Å². The smallest absolute Gasteiger partial charge is 0.308 e. The number of carboxylic acid groups (broad SMARTS) is 1. The van der Waals surface area contributed by atoms with Gasteiger partial charge in [0.25, 0.3) is 5.91 Å². The number of aliphatic carboxylic acids is 1. The van der Waals surface area contributed by atoms with Crippen LogP contribution in [0.1, 0.15) is 63.2 Å². The van der Waals surface area contributed by atoms with Crippen molar-refractivity contribution in [2.45, 2.75) is 69.4 Å². The standard InChI is InChI=1S/C19H28N2O5S/c1-4-13(2)21-27(25,26)15-10-8-14(9-11-15)17(22)20-19(3)12-6-5-7-16(19)18(23)24/h8-11,13,16,21H,4-7,12H2,1-3H3,(H,20,22)(H,23,24). The summed E-state index contributed by atoms with van der Waals surface area (Å²) in [5.41, 5.74) is -0.516. The first-order chi connectivity index (χ1) is 12.6. The van der Waals surface area contributed by atoms with Crippen molar-refractivity contribution in [1.29, 1.82) is 0 Å². The van der Waals surface area contributed by atoms with Gasteiger partial charge < -0.3 is 10.4 Å². The number of hydrogen-bond acceptors (Lipinski definition) is 4. The molecule has 0 radical (unpaired) electrons. The van der Waals surface area contributed by atoms with E-state index in [-0.39, 0.29) is 10.9 Å². The molecule has 150 valence electrons. The highest BCUT2D eigenvalue weighted by Gasteiger charge is 2.42. The summed E-state index contributed by atoms with van der Waals surface area (Å²) in [7, 11) is -3.63. The van der Waals surface area contributed by atoms with Crippen LogP contribution in [-0.2, 0) is 14.8 Å². The molecule has 1 aliphatic rings. The number of hydrogen-bond donors (Lipinski definition) is 3. The van der Waals surface area contributed by atoms with Gasteiger partial charge in [-0.15, -0.1) is 0 Å². The molecular formula is C19H28N2O5S. The van der Waals surface area contributed by atoms with Crippen molar-refractivity contribution < 1.29 is 23.1 Å². The average Bonchev–Trinajstić information content (AvgIpc) is 2.61. The van der Waals surface area contributed by atoms with Gasteiger partial charge in [-0.3, -0.25) is 9.59 Å². The molecule has 3 unspecified atom stereocenters. The Hall–Kier alpha value is -1.93. The Kier molecular flexibility index (Phi) is 6.64. The number of amides is 1. The molecule has 3 atom stereocenters. The van der Waals surface area contributed by atoms with Crippen molar-refractivity contribution in [3.63, 3.8) is 0 Å². The van der Waals surface area contributed by atoms with E-state index in [9.17, 15) is 23.1 Å². The van der Waals surface area contributed by atoms with Crippen LogP contribution in [0.15, 0.2) is 29.2 Å². The lowest BCUT2D eigenvalue weighted by molar-refractivity contribution is -0.145. The van der Waals surface area contributed by atoms with Gasteiger partial charge in [-0.05, 0) is 57.4 Å². The molecular weight excluding hydrogens is 368 g/mol. The van der Waals surface area contributed by atoms with Crippen LogP contribution in [0.5, 0.6) is 0 Å². The van der Waals surface area contributed by atoms with Crippen molar-refractivity contribution in [2.75, 3.05) is 0 Å². The lowest BCUT2D eigenvalue weighted by Gasteiger charge is -2.39. The Morgan fingerprint density at radius 2 is 1.89 bits per heavy atom. The molecule has 1 aromatic carbocycles. The average molecular weight is 397 g/mol. The number of benzene rings is 1. The Labute approximate surface area is 160 Å². The Balaban J connectivity index is 2.14. The van der Waals surface area contributed by atoms with Crippen LogP contribution >= 0.6 is 0 Å². The van der Waals surface area contributed by atoms with Crippen LogP contribution in [0, 0.1) is 5.92 Å². The quantitative estimate of drug-likeness (QED) is 0.655. The predicted molar refractivity (Wildman–Crippen MR) is 102 cm³/mol. The lowest BCUT2D eigenvalue weighted by atomic mass is 9.73. The first-order valence-corrected chi connectivity index (χ1v) is 10.7. The topological polar surface area (TPSA) is 113 Å². The van der Waals surface area contributed by atoms with E-state index in [1.54, 1.807) is 13.8 Å². The predicted octanol–water partition coefficient (Wildman–Crippen LogP) is 2.53. The van der Waals surface area contributed by atoms with Crippen LogP contribution in [0.3, 0.4) is 0 Å². The zero-order chi connectivity index (χ0) is 20.2. The maximum Gasteiger partial charge on any atom is 0.308 e. The van der Waals surface area contributed by atoms with Crippen LogP contribution in [-0.4, -0.2) is 37.0 Å². The molecule has 0 aromatic heterocycles. The minimum atomic E-state index is -3.63. The second kappa shape index (κ2) is 8.39. The molecule has 0 bridgehead atoms.